The average Bonchev–Trinajstić information content (AvgIpc) is 2.47. The number of halogens is 4. The molecule has 0 saturated carbocycles. The molecule has 0 heterocycles. The van der Waals surface area contributed by atoms with Gasteiger partial charge in [0.2, 0.25) is 0 Å². The fourth-order valence-electron chi connectivity index (χ4n) is 1.99. The zero-order valence-corrected chi connectivity index (χ0v) is 11.5. The first-order chi connectivity index (χ1) is 10.4. The lowest BCUT2D eigenvalue weighted by Gasteiger charge is -2.18. The average molecular weight is 314 g/mol. The first kappa shape index (κ1) is 16.5. The van der Waals surface area contributed by atoms with Crippen molar-refractivity contribution in [2.24, 2.45) is 0 Å². The Balaban J connectivity index is 2.18. The molecule has 0 aliphatic carbocycles. The SMILES string of the molecule is OCC(OCc1ccccc1)c1cc(F)cc(C(F)(F)F)c1. The number of aliphatic hydroxyl groups is 1. The highest BCUT2D eigenvalue weighted by molar-refractivity contribution is 5.28. The monoisotopic (exact) mass is 314 g/mol. The summed E-state index contributed by atoms with van der Waals surface area (Å²) in [6.07, 6.45) is -5.69. The second-order valence-corrected chi connectivity index (χ2v) is 4.74. The van der Waals surface area contributed by atoms with Crippen LogP contribution in [0.2, 0.25) is 0 Å². The van der Waals surface area contributed by atoms with Crippen LogP contribution < -0.4 is 0 Å². The minimum Gasteiger partial charge on any atom is -0.393 e. The third-order valence-corrected chi connectivity index (χ3v) is 3.08. The van der Waals surface area contributed by atoms with Gasteiger partial charge in [0.15, 0.2) is 0 Å². The van der Waals surface area contributed by atoms with E-state index in [4.69, 9.17) is 4.74 Å². The summed E-state index contributed by atoms with van der Waals surface area (Å²) in [7, 11) is 0. The molecule has 1 atom stereocenters. The van der Waals surface area contributed by atoms with Crippen LogP contribution in [0.4, 0.5) is 17.6 Å². The van der Waals surface area contributed by atoms with Crippen LogP contribution in [0, 0.1) is 5.82 Å². The summed E-state index contributed by atoms with van der Waals surface area (Å²) in [4.78, 5) is 0. The Bertz CT molecular complexity index is 611. The Morgan fingerprint density at radius 1 is 1.05 bits per heavy atom. The van der Waals surface area contributed by atoms with E-state index in [-0.39, 0.29) is 12.2 Å². The molecule has 118 valence electrons. The molecule has 2 aromatic rings. The topological polar surface area (TPSA) is 29.5 Å². The molecule has 0 aliphatic heterocycles. The lowest BCUT2D eigenvalue weighted by atomic mass is 10.1. The predicted molar refractivity (Wildman–Crippen MR) is 72.5 cm³/mol. The van der Waals surface area contributed by atoms with Crippen LogP contribution in [0.1, 0.15) is 22.8 Å². The number of aliphatic hydroxyl groups excluding tert-OH is 1. The van der Waals surface area contributed by atoms with Crippen LogP contribution in [0.25, 0.3) is 0 Å². The van der Waals surface area contributed by atoms with E-state index in [1.807, 2.05) is 6.07 Å². The van der Waals surface area contributed by atoms with Gasteiger partial charge in [-0.2, -0.15) is 13.2 Å². The number of benzene rings is 2. The van der Waals surface area contributed by atoms with Crippen molar-refractivity contribution in [1.82, 2.24) is 0 Å². The van der Waals surface area contributed by atoms with Gasteiger partial charge in [-0.15, -0.1) is 0 Å². The molecule has 0 saturated heterocycles. The van der Waals surface area contributed by atoms with Crippen LogP contribution >= 0.6 is 0 Å². The van der Waals surface area contributed by atoms with Crippen molar-refractivity contribution in [3.63, 3.8) is 0 Å². The summed E-state index contributed by atoms with van der Waals surface area (Å²) < 4.78 is 56.9. The zero-order chi connectivity index (χ0) is 16.2. The Hall–Kier alpha value is -1.92. The van der Waals surface area contributed by atoms with Gasteiger partial charge in [0, 0.05) is 0 Å². The van der Waals surface area contributed by atoms with E-state index in [9.17, 15) is 22.7 Å². The summed E-state index contributed by atoms with van der Waals surface area (Å²) in [5.41, 5.74) is -0.358. The molecule has 0 spiro atoms. The molecular weight excluding hydrogens is 300 g/mol. The highest BCUT2D eigenvalue weighted by Crippen LogP contribution is 2.32. The first-order valence-electron chi connectivity index (χ1n) is 6.54. The summed E-state index contributed by atoms with van der Waals surface area (Å²) >= 11 is 0. The smallest absolute Gasteiger partial charge is 0.393 e. The summed E-state index contributed by atoms with van der Waals surface area (Å²) in [6.45, 7) is -0.447. The van der Waals surface area contributed by atoms with Crippen LogP contribution in [0.15, 0.2) is 48.5 Å². The van der Waals surface area contributed by atoms with E-state index in [1.165, 1.54) is 0 Å². The molecule has 0 radical (unpaired) electrons. The van der Waals surface area contributed by atoms with E-state index in [2.05, 4.69) is 0 Å². The minimum absolute atomic E-state index is 0.0502. The Morgan fingerprint density at radius 2 is 1.73 bits per heavy atom. The Labute approximate surface area is 125 Å². The van der Waals surface area contributed by atoms with Gasteiger partial charge in [-0.3, -0.25) is 0 Å². The van der Waals surface area contributed by atoms with Crippen molar-refractivity contribution in [3.05, 3.63) is 71.0 Å². The number of hydrogen-bond acceptors (Lipinski definition) is 2. The van der Waals surface area contributed by atoms with E-state index in [0.29, 0.717) is 6.07 Å². The number of ether oxygens (including phenoxy) is 1. The molecule has 0 amide bonds. The molecule has 1 unspecified atom stereocenters. The van der Waals surface area contributed by atoms with Crippen molar-refractivity contribution < 1.29 is 27.4 Å². The molecule has 2 rings (SSSR count). The maximum absolute atomic E-state index is 13.4. The van der Waals surface area contributed by atoms with Gasteiger partial charge in [-0.1, -0.05) is 30.3 Å². The van der Waals surface area contributed by atoms with E-state index < -0.39 is 30.3 Å². The fourth-order valence-corrected chi connectivity index (χ4v) is 1.99. The van der Waals surface area contributed by atoms with Gasteiger partial charge in [0.25, 0.3) is 0 Å². The maximum atomic E-state index is 13.4. The quantitative estimate of drug-likeness (QED) is 0.842. The molecule has 0 aliphatic rings. The molecule has 0 fully saturated rings. The maximum Gasteiger partial charge on any atom is 0.416 e. The summed E-state index contributed by atoms with van der Waals surface area (Å²) in [6, 6.07) is 11.1. The van der Waals surface area contributed by atoms with Crippen LogP contribution in [0.5, 0.6) is 0 Å². The van der Waals surface area contributed by atoms with Crippen molar-refractivity contribution >= 4 is 0 Å². The predicted octanol–water partition coefficient (Wildman–Crippen LogP) is 4.09. The second-order valence-electron chi connectivity index (χ2n) is 4.74. The van der Waals surface area contributed by atoms with E-state index >= 15 is 0 Å². The molecule has 22 heavy (non-hydrogen) atoms. The van der Waals surface area contributed by atoms with E-state index in [1.54, 1.807) is 24.3 Å². The second kappa shape index (κ2) is 6.89. The van der Waals surface area contributed by atoms with Gasteiger partial charge >= 0.3 is 6.18 Å². The Kier molecular flexibility index (Phi) is 5.15. The molecule has 0 aromatic heterocycles. The van der Waals surface area contributed by atoms with Crippen molar-refractivity contribution in [2.75, 3.05) is 6.61 Å². The number of alkyl halides is 3. The third kappa shape index (κ3) is 4.29. The van der Waals surface area contributed by atoms with Crippen LogP contribution in [-0.4, -0.2) is 11.7 Å². The van der Waals surface area contributed by atoms with Crippen LogP contribution in [-0.2, 0) is 17.5 Å². The van der Waals surface area contributed by atoms with Gasteiger partial charge < -0.3 is 9.84 Å². The number of rotatable bonds is 5. The van der Waals surface area contributed by atoms with Gasteiger partial charge in [-0.25, -0.2) is 4.39 Å². The highest BCUT2D eigenvalue weighted by atomic mass is 19.4. The standard InChI is InChI=1S/C16H14F4O2/c17-14-7-12(6-13(8-14)16(18,19)20)15(9-21)22-10-11-4-2-1-3-5-11/h1-8,15,21H,9-10H2. The minimum atomic E-state index is -4.66. The molecular formula is C16H14F4O2. The third-order valence-electron chi connectivity index (χ3n) is 3.08. The molecule has 6 heteroatoms. The molecule has 2 aromatic carbocycles. The van der Waals surface area contributed by atoms with Crippen LogP contribution in [0.3, 0.4) is 0 Å². The zero-order valence-electron chi connectivity index (χ0n) is 11.5. The summed E-state index contributed by atoms with van der Waals surface area (Å²) in [5.74, 6) is -1.02. The fraction of sp³-hybridized carbons (Fsp3) is 0.250. The van der Waals surface area contributed by atoms with E-state index in [0.717, 1.165) is 17.7 Å². The summed E-state index contributed by atoms with van der Waals surface area (Å²) in [5, 5.41) is 9.31. The lowest BCUT2D eigenvalue weighted by molar-refractivity contribution is -0.138. The lowest BCUT2D eigenvalue weighted by Crippen LogP contribution is -2.12. The first-order valence-corrected chi connectivity index (χ1v) is 6.54. The number of hydrogen-bond donors (Lipinski definition) is 1. The van der Waals surface area contributed by atoms with Crippen molar-refractivity contribution in [2.45, 2.75) is 18.9 Å². The van der Waals surface area contributed by atoms with Crippen molar-refractivity contribution in [1.29, 1.82) is 0 Å². The largest absolute Gasteiger partial charge is 0.416 e. The highest BCUT2D eigenvalue weighted by Gasteiger charge is 2.32. The Morgan fingerprint density at radius 3 is 2.32 bits per heavy atom. The van der Waals surface area contributed by atoms with Gasteiger partial charge in [-0.05, 0) is 29.3 Å². The molecule has 1 N–H and O–H groups in total. The molecule has 0 bridgehead atoms. The van der Waals surface area contributed by atoms with Gasteiger partial charge in [0.05, 0.1) is 18.8 Å². The van der Waals surface area contributed by atoms with Crippen molar-refractivity contribution in [3.8, 4) is 0 Å². The van der Waals surface area contributed by atoms with Gasteiger partial charge in [0.1, 0.15) is 11.9 Å². The normalized spacial score (nSPS) is 13.1. The molecule has 2 nitrogen and oxygen atoms in total.